The molecule has 1 aromatic carbocycles. The van der Waals surface area contributed by atoms with Gasteiger partial charge in [-0.25, -0.2) is 4.79 Å². The standard InChI is InChI=1S/C20H25N3O4.ClH/c1-23(15-9-13-7-8-21-11-14(13)10-15)19-17(20(24)25)18(27-22-19)12-3-5-16(26-2)6-4-12;/h3-6,13-15,21H,7-11H2,1-2H3,(H,24,25);1H/t13-,14-,15+;/m1./s1. The number of carboxylic acid groups (broad SMARTS) is 1. The van der Waals surface area contributed by atoms with Crippen molar-refractivity contribution in [1.82, 2.24) is 10.5 Å². The van der Waals surface area contributed by atoms with Crippen molar-refractivity contribution in [2.75, 3.05) is 32.1 Å². The van der Waals surface area contributed by atoms with Crippen LogP contribution in [0.5, 0.6) is 5.75 Å². The second-order valence-electron chi connectivity index (χ2n) is 7.49. The van der Waals surface area contributed by atoms with Crippen LogP contribution >= 0.6 is 12.4 Å². The lowest BCUT2D eigenvalue weighted by atomic mass is 9.90. The van der Waals surface area contributed by atoms with Gasteiger partial charge in [0.15, 0.2) is 17.1 Å². The van der Waals surface area contributed by atoms with Crippen molar-refractivity contribution in [3.8, 4) is 17.1 Å². The Hall–Kier alpha value is -2.25. The first-order chi connectivity index (χ1) is 13.1. The summed E-state index contributed by atoms with van der Waals surface area (Å²) in [6, 6.07) is 7.41. The first-order valence-corrected chi connectivity index (χ1v) is 9.39. The summed E-state index contributed by atoms with van der Waals surface area (Å²) in [6.07, 6.45) is 3.32. The molecule has 2 aromatic rings. The van der Waals surface area contributed by atoms with Crippen LogP contribution in [0.2, 0.25) is 0 Å². The average Bonchev–Trinajstić information content (AvgIpc) is 3.32. The lowest BCUT2D eigenvalue weighted by Gasteiger charge is -2.25. The Morgan fingerprint density at radius 3 is 2.64 bits per heavy atom. The Morgan fingerprint density at radius 1 is 1.29 bits per heavy atom. The van der Waals surface area contributed by atoms with E-state index < -0.39 is 5.97 Å². The van der Waals surface area contributed by atoms with Crippen molar-refractivity contribution in [3.05, 3.63) is 29.8 Å². The maximum atomic E-state index is 12.0. The molecule has 1 saturated heterocycles. The second kappa shape index (κ2) is 8.41. The van der Waals surface area contributed by atoms with Crippen LogP contribution in [0.3, 0.4) is 0 Å². The largest absolute Gasteiger partial charge is 0.497 e. The van der Waals surface area contributed by atoms with Crippen LogP contribution in [-0.2, 0) is 0 Å². The maximum Gasteiger partial charge on any atom is 0.343 e. The fourth-order valence-corrected chi connectivity index (χ4v) is 4.50. The molecule has 1 saturated carbocycles. The number of carbonyl (C=O) groups is 1. The number of nitrogens with one attached hydrogen (secondary N) is 1. The van der Waals surface area contributed by atoms with Crippen molar-refractivity contribution < 1.29 is 19.2 Å². The van der Waals surface area contributed by atoms with E-state index >= 15 is 0 Å². The van der Waals surface area contributed by atoms with E-state index in [0.717, 1.165) is 25.9 Å². The number of anilines is 1. The molecule has 0 bridgehead atoms. The van der Waals surface area contributed by atoms with E-state index in [0.29, 0.717) is 29.0 Å². The van der Waals surface area contributed by atoms with Crippen LogP contribution in [0.1, 0.15) is 29.6 Å². The number of hydrogen-bond acceptors (Lipinski definition) is 6. The molecule has 152 valence electrons. The summed E-state index contributed by atoms with van der Waals surface area (Å²) in [6.45, 7) is 2.13. The Balaban J connectivity index is 0.00000225. The molecule has 7 nitrogen and oxygen atoms in total. The number of aromatic nitrogens is 1. The minimum atomic E-state index is -1.03. The molecule has 3 atom stereocenters. The minimum Gasteiger partial charge on any atom is -0.497 e. The Labute approximate surface area is 170 Å². The van der Waals surface area contributed by atoms with Gasteiger partial charge in [0.2, 0.25) is 0 Å². The molecule has 0 amide bonds. The lowest BCUT2D eigenvalue weighted by Crippen LogP contribution is -2.33. The topological polar surface area (TPSA) is 87.8 Å². The fraction of sp³-hybridized carbons (Fsp3) is 0.500. The number of hydrogen-bond donors (Lipinski definition) is 2. The van der Waals surface area contributed by atoms with Crippen LogP contribution in [0.25, 0.3) is 11.3 Å². The quantitative estimate of drug-likeness (QED) is 0.786. The van der Waals surface area contributed by atoms with Gasteiger partial charge in [0.1, 0.15) is 5.75 Å². The number of methoxy groups -OCH3 is 1. The monoisotopic (exact) mass is 407 g/mol. The third-order valence-corrected chi connectivity index (χ3v) is 6.04. The Kier molecular flexibility index (Phi) is 6.15. The molecule has 2 heterocycles. The highest BCUT2D eigenvalue weighted by atomic mass is 35.5. The van der Waals surface area contributed by atoms with Gasteiger partial charge in [-0.3, -0.25) is 0 Å². The van der Waals surface area contributed by atoms with Gasteiger partial charge in [-0.2, -0.15) is 0 Å². The van der Waals surface area contributed by atoms with Gasteiger partial charge in [0.05, 0.1) is 7.11 Å². The van der Waals surface area contributed by atoms with Crippen molar-refractivity contribution in [2.45, 2.75) is 25.3 Å². The average molecular weight is 408 g/mol. The van der Waals surface area contributed by atoms with Crippen molar-refractivity contribution in [1.29, 1.82) is 0 Å². The van der Waals surface area contributed by atoms with Crippen LogP contribution in [0.15, 0.2) is 28.8 Å². The molecular weight excluding hydrogens is 382 g/mol. The van der Waals surface area contributed by atoms with Gasteiger partial charge < -0.3 is 24.6 Å². The summed E-state index contributed by atoms with van der Waals surface area (Å²) in [5.41, 5.74) is 0.792. The molecule has 8 heteroatoms. The second-order valence-corrected chi connectivity index (χ2v) is 7.49. The van der Waals surface area contributed by atoms with E-state index in [1.54, 1.807) is 31.4 Å². The van der Waals surface area contributed by atoms with Crippen LogP contribution < -0.4 is 15.0 Å². The highest BCUT2D eigenvalue weighted by Gasteiger charge is 2.39. The zero-order chi connectivity index (χ0) is 19.0. The molecule has 0 radical (unpaired) electrons. The van der Waals surface area contributed by atoms with Gasteiger partial charge in [0.25, 0.3) is 0 Å². The number of nitrogens with zero attached hydrogens (tertiary/aromatic N) is 2. The highest BCUT2D eigenvalue weighted by molar-refractivity contribution is 5.99. The Bertz CT molecular complexity index is 809. The molecule has 28 heavy (non-hydrogen) atoms. The zero-order valence-corrected chi connectivity index (χ0v) is 16.9. The number of piperidine rings is 1. The maximum absolute atomic E-state index is 12.0. The smallest absolute Gasteiger partial charge is 0.343 e. The molecular formula is C20H26ClN3O4. The number of rotatable bonds is 5. The Morgan fingerprint density at radius 2 is 2.00 bits per heavy atom. The number of fused-ring (bicyclic) bond motifs is 1. The SMILES string of the molecule is COc1ccc(-c2onc(N(C)[C@H]3C[C@H]4CCNC[C@H]4C3)c2C(=O)O)cc1.Cl. The van der Waals surface area contributed by atoms with E-state index in [1.807, 2.05) is 11.9 Å². The van der Waals surface area contributed by atoms with Crippen LogP contribution in [0.4, 0.5) is 5.82 Å². The lowest BCUT2D eigenvalue weighted by molar-refractivity contribution is 0.0697. The number of carboxylic acids is 1. The molecule has 0 spiro atoms. The summed E-state index contributed by atoms with van der Waals surface area (Å²) < 4.78 is 10.7. The van der Waals surface area contributed by atoms with Crippen LogP contribution in [0, 0.1) is 11.8 Å². The summed E-state index contributed by atoms with van der Waals surface area (Å²) >= 11 is 0. The molecule has 0 unspecified atom stereocenters. The zero-order valence-electron chi connectivity index (χ0n) is 16.1. The van der Waals surface area contributed by atoms with Crippen LogP contribution in [-0.4, -0.2) is 49.5 Å². The third-order valence-electron chi connectivity index (χ3n) is 6.04. The molecule has 1 aliphatic heterocycles. The van der Waals surface area contributed by atoms with Gasteiger partial charge in [-0.1, -0.05) is 5.16 Å². The van der Waals surface area contributed by atoms with Crippen molar-refractivity contribution >= 4 is 24.2 Å². The number of ether oxygens (including phenoxy) is 1. The van der Waals surface area contributed by atoms with E-state index in [2.05, 4.69) is 10.5 Å². The van der Waals surface area contributed by atoms with Gasteiger partial charge in [-0.05, 0) is 68.5 Å². The first-order valence-electron chi connectivity index (χ1n) is 9.39. The first kappa shape index (κ1) is 20.5. The molecule has 2 N–H and O–H groups in total. The van der Waals surface area contributed by atoms with E-state index in [4.69, 9.17) is 9.26 Å². The number of aromatic carboxylic acids is 1. The van der Waals surface area contributed by atoms with Crippen molar-refractivity contribution in [2.24, 2.45) is 11.8 Å². The molecule has 1 aliphatic carbocycles. The molecule has 1 aromatic heterocycles. The minimum absolute atomic E-state index is 0. The summed E-state index contributed by atoms with van der Waals surface area (Å²) in [7, 11) is 3.52. The van der Waals surface area contributed by atoms with E-state index in [1.165, 1.54) is 6.42 Å². The summed E-state index contributed by atoms with van der Waals surface area (Å²) in [5.74, 6) is 1.73. The normalized spacial score (nSPS) is 23.6. The van der Waals surface area contributed by atoms with E-state index in [-0.39, 0.29) is 29.8 Å². The van der Waals surface area contributed by atoms with Gasteiger partial charge in [-0.15, -0.1) is 12.4 Å². The molecule has 2 aliphatic rings. The third kappa shape index (κ3) is 3.69. The number of halogens is 1. The predicted octanol–water partition coefficient (Wildman–Crippen LogP) is 3.29. The molecule has 4 rings (SSSR count). The van der Waals surface area contributed by atoms with Crippen molar-refractivity contribution in [3.63, 3.8) is 0 Å². The van der Waals surface area contributed by atoms with Gasteiger partial charge in [0, 0.05) is 18.7 Å². The summed E-state index contributed by atoms with van der Waals surface area (Å²) in [5, 5.41) is 17.4. The molecule has 2 fully saturated rings. The van der Waals surface area contributed by atoms with Gasteiger partial charge >= 0.3 is 5.97 Å². The highest BCUT2D eigenvalue weighted by Crippen LogP contribution is 2.40. The summed E-state index contributed by atoms with van der Waals surface area (Å²) in [4.78, 5) is 14.0. The fourth-order valence-electron chi connectivity index (χ4n) is 4.50. The number of benzene rings is 1. The predicted molar refractivity (Wildman–Crippen MR) is 109 cm³/mol. The van der Waals surface area contributed by atoms with E-state index in [9.17, 15) is 9.90 Å².